The molecule has 1 amide bonds. The number of benzene rings is 1. The van der Waals surface area contributed by atoms with E-state index in [1.807, 2.05) is 0 Å². The number of hydrogen-bond acceptors (Lipinski definition) is 3. The Hall–Kier alpha value is -1.26. The second-order valence-electron chi connectivity index (χ2n) is 5.99. The lowest BCUT2D eigenvalue weighted by Crippen LogP contribution is -2.34. The molecule has 1 aromatic rings. The van der Waals surface area contributed by atoms with Gasteiger partial charge in [0.05, 0.1) is 5.02 Å². The molecule has 0 radical (unpaired) electrons. The first kappa shape index (κ1) is 15.6. The zero-order valence-corrected chi connectivity index (χ0v) is 13.8. The standard InChI is InChI=1S/C16H18Cl2N2O2/c1-9(22-15-5-4-12(17)8-13(15)18)16(21)20-19-14-7-10-2-3-11(14)6-10/h4-5,8-11H,2-3,6-7H2,1H3,(H,20,21)/b19-14+/t9-,10-,11+/m0/s1. The number of halogens is 2. The summed E-state index contributed by atoms with van der Waals surface area (Å²) in [5.41, 5.74) is 3.74. The van der Waals surface area contributed by atoms with Gasteiger partial charge in [0.1, 0.15) is 5.75 Å². The maximum Gasteiger partial charge on any atom is 0.280 e. The molecule has 3 rings (SSSR count). The molecule has 2 saturated carbocycles. The van der Waals surface area contributed by atoms with Gasteiger partial charge in [-0.15, -0.1) is 0 Å². The quantitative estimate of drug-likeness (QED) is 0.840. The van der Waals surface area contributed by atoms with Crippen LogP contribution >= 0.6 is 23.2 Å². The largest absolute Gasteiger partial charge is 0.479 e. The Morgan fingerprint density at radius 3 is 2.86 bits per heavy atom. The van der Waals surface area contributed by atoms with Crippen LogP contribution in [0.15, 0.2) is 23.3 Å². The number of amides is 1. The first-order chi connectivity index (χ1) is 10.5. The van der Waals surface area contributed by atoms with Crippen LogP contribution in [-0.2, 0) is 4.79 Å². The van der Waals surface area contributed by atoms with Gasteiger partial charge in [-0.05, 0) is 62.6 Å². The van der Waals surface area contributed by atoms with Crippen LogP contribution in [-0.4, -0.2) is 17.7 Å². The van der Waals surface area contributed by atoms with Crippen molar-refractivity contribution < 1.29 is 9.53 Å². The molecule has 0 saturated heterocycles. The Morgan fingerprint density at radius 2 is 2.23 bits per heavy atom. The van der Waals surface area contributed by atoms with Crippen LogP contribution in [0.3, 0.4) is 0 Å². The third kappa shape index (κ3) is 3.39. The van der Waals surface area contributed by atoms with Crippen LogP contribution in [0.4, 0.5) is 0 Å². The predicted octanol–water partition coefficient (Wildman–Crippen LogP) is 4.05. The number of hydrogen-bond donors (Lipinski definition) is 1. The maximum absolute atomic E-state index is 12.1. The number of nitrogens with zero attached hydrogens (tertiary/aromatic N) is 1. The Bertz CT molecular complexity index is 618. The minimum absolute atomic E-state index is 0.277. The molecule has 0 aromatic heterocycles. The molecule has 6 heteroatoms. The zero-order chi connectivity index (χ0) is 15.7. The van der Waals surface area contributed by atoms with E-state index in [1.165, 1.54) is 19.3 Å². The maximum atomic E-state index is 12.1. The molecule has 2 aliphatic rings. The highest BCUT2D eigenvalue weighted by molar-refractivity contribution is 6.35. The molecule has 118 valence electrons. The molecule has 0 spiro atoms. The molecular formula is C16H18Cl2N2O2. The van der Waals surface area contributed by atoms with E-state index in [4.69, 9.17) is 27.9 Å². The summed E-state index contributed by atoms with van der Waals surface area (Å²) >= 11 is 11.9. The van der Waals surface area contributed by atoms with Gasteiger partial charge < -0.3 is 4.74 Å². The van der Waals surface area contributed by atoms with Gasteiger partial charge in [0.15, 0.2) is 6.10 Å². The molecule has 1 aromatic carbocycles. The van der Waals surface area contributed by atoms with Gasteiger partial charge in [-0.1, -0.05) is 23.2 Å². The van der Waals surface area contributed by atoms with Gasteiger partial charge in [-0.3, -0.25) is 4.79 Å². The minimum Gasteiger partial charge on any atom is -0.479 e. The van der Waals surface area contributed by atoms with Gasteiger partial charge in [0.25, 0.3) is 5.91 Å². The Kier molecular flexibility index (Phi) is 4.59. The number of rotatable bonds is 4. The topological polar surface area (TPSA) is 50.7 Å². The smallest absolute Gasteiger partial charge is 0.280 e. The average Bonchev–Trinajstić information content (AvgIpc) is 3.10. The summed E-state index contributed by atoms with van der Waals surface area (Å²) in [5, 5.41) is 5.19. The highest BCUT2D eigenvalue weighted by Gasteiger charge is 2.36. The van der Waals surface area contributed by atoms with Gasteiger partial charge in [-0.2, -0.15) is 5.10 Å². The molecule has 2 bridgehead atoms. The molecule has 2 fully saturated rings. The highest BCUT2D eigenvalue weighted by Crippen LogP contribution is 2.42. The molecular weight excluding hydrogens is 323 g/mol. The summed E-state index contributed by atoms with van der Waals surface area (Å²) in [6.07, 6.45) is 4.06. The molecule has 3 atom stereocenters. The summed E-state index contributed by atoms with van der Waals surface area (Å²) in [5.74, 6) is 1.48. The van der Waals surface area contributed by atoms with Crippen molar-refractivity contribution in [1.29, 1.82) is 0 Å². The third-order valence-corrected chi connectivity index (χ3v) is 4.92. The van der Waals surface area contributed by atoms with Crippen molar-refractivity contribution in [2.45, 2.75) is 38.7 Å². The van der Waals surface area contributed by atoms with Crippen molar-refractivity contribution in [2.24, 2.45) is 16.9 Å². The van der Waals surface area contributed by atoms with Crippen molar-refractivity contribution >= 4 is 34.8 Å². The lowest BCUT2D eigenvalue weighted by molar-refractivity contribution is -0.127. The van der Waals surface area contributed by atoms with Crippen LogP contribution < -0.4 is 10.2 Å². The molecule has 0 unspecified atom stereocenters. The fourth-order valence-corrected chi connectivity index (χ4v) is 3.65. The van der Waals surface area contributed by atoms with Crippen LogP contribution in [0.25, 0.3) is 0 Å². The fraction of sp³-hybridized carbons (Fsp3) is 0.500. The van der Waals surface area contributed by atoms with E-state index in [9.17, 15) is 4.79 Å². The van der Waals surface area contributed by atoms with E-state index in [2.05, 4.69) is 10.5 Å². The normalized spacial score (nSPS) is 26.2. The summed E-state index contributed by atoms with van der Waals surface area (Å²) < 4.78 is 5.57. The number of fused-ring (bicyclic) bond motifs is 2. The Labute approximate surface area is 139 Å². The van der Waals surface area contributed by atoms with Gasteiger partial charge >= 0.3 is 0 Å². The summed E-state index contributed by atoms with van der Waals surface area (Å²) in [6, 6.07) is 4.90. The van der Waals surface area contributed by atoms with E-state index >= 15 is 0 Å². The molecule has 4 nitrogen and oxygen atoms in total. The van der Waals surface area contributed by atoms with Gasteiger partial charge in [-0.25, -0.2) is 5.43 Å². The summed E-state index contributed by atoms with van der Waals surface area (Å²) in [6.45, 7) is 1.67. The van der Waals surface area contributed by atoms with E-state index in [0.29, 0.717) is 21.7 Å². The molecule has 1 N–H and O–H groups in total. The van der Waals surface area contributed by atoms with Crippen molar-refractivity contribution in [2.75, 3.05) is 0 Å². The fourth-order valence-electron chi connectivity index (χ4n) is 3.19. The highest BCUT2D eigenvalue weighted by atomic mass is 35.5. The Morgan fingerprint density at radius 1 is 1.41 bits per heavy atom. The molecule has 22 heavy (non-hydrogen) atoms. The lowest BCUT2D eigenvalue weighted by Gasteiger charge is -2.16. The first-order valence-corrected chi connectivity index (χ1v) is 8.26. The molecule has 2 aliphatic carbocycles. The van der Waals surface area contributed by atoms with Crippen molar-refractivity contribution in [3.63, 3.8) is 0 Å². The number of carbonyl (C=O) groups is 1. The molecule has 0 aliphatic heterocycles. The number of nitrogens with one attached hydrogen (secondary N) is 1. The van der Waals surface area contributed by atoms with Crippen molar-refractivity contribution in [3.8, 4) is 5.75 Å². The average molecular weight is 341 g/mol. The SMILES string of the molecule is C[C@H](Oc1ccc(Cl)cc1Cl)C(=O)N/N=C1\C[C@H]2CC[C@@H]1C2. The van der Waals surface area contributed by atoms with Crippen LogP contribution in [0.2, 0.25) is 10.0 Å². The predicted molar refractivity (Wildman–Crippen MR) is 87.6 cm³/mol. The zero-order valence-electron chi connectivity index (χ0n) is 12.3. The monoisotopic (exact) mass is 340 g/mol. The van der Waals surface area contributed by atoms with Crippen molar-refractivity contribution in [1.82, 2.24) is 5.43 Å². The van der Waals surface area contributed by atoms with Crippen molar-refractivity contribution in [3.05, 3.63) is 28.2 Å². The second kappa shape index (κ2) is 6.47. The van der Waals surface area contributed by atoms with E-state index < -0.39 is 6.10 Å². The van der Waals surface area contributed by atoms with E-state index in [-0.39, 0.29) is 5.91 Å². The number of carbonyl (C=O) groups excluding carboxylic acids is 1. The minimum atomic E-state index is -0.679. The van der Waals surface area contributed by atoms with Crippen LogP contribution in [0, 0.1) is 11.8 Å². The van der Waals surface area contributed by atoms with Crippen LogP contribution in [0.1, 0.15) is 32.6 Å². The summed E-state index contributed by atoms with van der Waals surface area (Å²) in [4.78, 5) is 12.1. The Balaban J connectivity index is 1.57. The number of ether oxygens (including phenoxy) is 1. The first-order valence-electron chi connectivity index (χ1n) is 7.51. The lowest BCUT2D eigenvalue weighted by atomic mass is 9.99. The number of hydrazone groups is 1. The van der Waals surface area contributed by atoms with Gasteiger partial charge in [0.2, 0.25) is 0 Å². The van der Waals surface area contributed by atoms with Crippen LogP contribution in [0.5, 0.6) is 5.75 Å². The third-order valence-electron chi connectivity index (χ3n) is 4.39. The van der Waals surface area contributed by atoms with Gasteiger partial charge in [0, 0.05) is 10.7 Å². The van der Waals surface area contributed by atoms with E-state index in [1.54, 1.807) is 25.1 Å². The molecule has 0 heterocycles. The second-order valence-corrected chi connectivity index (χ2v) is 6.84. The van der Waals surface area contributed by atoms with E-state index in [0.717, 1.165) is 18.1 Å². The summed E-state index contributed by atoms with van der Waals surface area (Å²) in [7, 11) is 0.